The third kappa shape index (κ3) is 3.02. The lowest BCUT2D eigenvalue weighted by Gasteiger charge is -2.33. The van der Waals surface area contributed by atoms with Crippen LogP contribution in [0, 0.1) is 13.8 Å². The number of pyridine rings is 1. The van der Waals surface area contributed by atoms with Crippen molar-refractivity contribution >= 4 is 16.8 Å². The number of aryl methyl sites for hydroxylation is 2. The van der Waals surface area contributed by atoms with Gasteiger partial charge in [-0.3, -0.25) is 9.78 Å². The molecule has 0 radical (unpaired) electrons. The maximum Gasteiger partial charge on any atom is 0.255 e. The van der Waals surface area contributed by atoms with Gasteiger partial charge in [0.25, 0.3) is 5.91 Å². The van der Waals surface area contributed by atoms with Crippen LogP contribution in [0.1, 0.15) is 40.5 Å². The van der Waals surface area contributed by atoms with Crippen LogP contribution in [0.25, 0.3) is 10.9 Å². The number of aromatic nitrogens is 3. The number of amides is 1. The number of fused-ring (bicyclic) bond motifs is 1. The fraction of sp³-hybridized carbons (Fsp3) is 0.350. The Balaban J connectivity index is 1.63. The molecule has 1 aromatic carbocycles. The molecule has 0 spiro atoms. The maximum absolute atomic E-state index is 13.1. The van der Waals surface area contributed by atoms with Crippen LogP contribution in [0.2, 0.25) is 0 Å². The minimum atomic E-state index is 0.0817. The van der Waals surface area contributed by atoms with Crippen molar-refractivity contribution in [1.29, 1.82) is 0 Å². The second kappa shape index (κ2) is 6.31. The Labute approximate surface area is 147 Å². The molecule has 5 heteroatoms. The summed E-state index contributed by atoms with van der Waals surface area (Å²) in [5, 5.41) is 1.03. The van der Waals surface area contributed by atoms with E-state index in [0.29, 0.717) is 11.6 Å². The van der Waals surface area contributed by atoms with Crippen LogP contribution in [0.4, 0.5) is 0 Å². The van der Waals surface area contributed by atoms with E-state index >= 15 is 0 Å². The summed E-state index contributed by atoms with van der Waals surface area (Å²) < 4.78 is 2.11. The highest BCUT2D eigenvalue weighted by molar-refractivity contribution is 5.98. The van der Waals surface area contributed by atoms with E-state index in [1.54, 1.807) is 6.20 Å². The van der Waals surface area contributed by atoms with Gasteiger partial charge in [-0.1, -0.05) is 11.6 Å². The number of rotatable bonds is 2. The van der Waals surface area contributed by atoms with Crippen molar-refractivity contribution in [3.8, 4) is 0 Å². The van der Waals surface area contributed by atoms with E-state index in [4.69, 9.17) is 0 Å². The van der Waals surface area contributed by atoms with E-state index in [0.717, 1.165) is 42.5 Å². The van der Waals surface area contributed by atoms with Crippen molar-refractivity contribution < 1.29 is 4.79 Å². The largest absolute Gasteiger partial charge is 0.337 e. The van der Waals surface area contributed by atoms with E-state index < -0.39 is 0 Å². The second-order valence-electron chi connectivity index (χ2n) is 6.87. The normalized spacial score (nSPS) is 17.8. The molecule has 0 N–H and O–H groups in total. The first-order valence-corrected chi connectivity index (χ1v) is 8.76. The zero-order valence-corrected chi connectivity index (χ0v) is 14.6. The Bertz CT molecular complexity index is 917. The summed E-state index contributed by atoms with van der Waals surface area (Å²) in [4.78, 5) is 23.9. The molecule has 0 bridgehead atoms. The van der Waals surface area contributed by atoms with Crippen LogP contribution in [0.5, 0.6) is 0 Å². The summed E-state index contributed by atoms with van der Waals surface area (Å²) >= 11 is 0. The van der Waals surface area contributed by atoms with Crippen molar-refractivity contribution in [2.45, 2.75) is 32.7 Å². The van der Waals surface area contributed by atoms with Crippen LogP contribution >= 0.6 is 0 Å². The summed E-state index contributed by atoms with van der Waals surface area (Å²) in [5.41, 5.74) is 3.62. The van der Waals surface area contributed by atoms with Crippen molar-refractivity contribution in [3.63, 3.8) is 0 Å². The Hall–Kier alpha value is -2.69. The lowest BCUT2D eigenvalue weighted by atomic mass is 10.0. The van der Waals surface area contributed by atoms with Gasteiger partial charge < -0.3 is 9.47 Å². The van der Waals surface area contributed by atoms with Gasteiger partial charge >= 0.3 is 0 Å². The van der Waals surface area contributed by atoms with Gasteiger partial charge in [-0.15, -0.1) is 0 Å². The van der Waals surface area contributed by atoms with E-state index in [9.17, 15) is 4.79 Å². The molecular weight excluding hydrogens is 312 g/mol. The molecule has 2 aromatic heterocycles. The fourth-order valence-electron chi connectivity index (χ4n) is 3.65. The topological polar surface area (TPSA) is 51.0 Å². The predicted molar refractivity (Wildman–Crippen MR) is 97.6 cm³/mol. The molecule has 25 heavy (non-hydrogen) atoms. The van der Waals surface area contributed by atoms with E-state index in [1.165, 1.54) is 5.56 Å². The predicted octanol–water partition coefficient (Wildman–Crippen LogP) is 3.53. The third-order valence-electron chi connectivity index (χ3n) is 5.02. The average Bonchev–Trinajstić information content (AvgIpc) is 3.16. The molecule has 0 saturated carbocycles. The number of likely N-dealkylation sites (tertiary alicyclic amines) is 1. The van der Waals surface area contributed by atoms with Crippen molar-refractivity contribution in [1.82, 2.24) is 19.4 Å². The first kappa shape index (κ1) is 15.8. The standard InChI is InChI=1S/C20H22N4O/c1-14-5-6-19-16(10-14)11-18(15(2)22-19)20(25)23-8-3-4-17(12-23)24-9-7-21-13-24/h5-7,9-11,13,17H,3-4,8,12H2,1-2H3/t17-/m0/s1. The quantitative estimate of drug-likeness (QED) is 0.720. The number of nitrogens with zero attached hydrogens (tertiary/aromatic N) is 4. The van der Waals surface area contributed by atoms with Gasteiger partial charge in [0.15, 0.2) is 0 Å². The summed E-state index contributed by atoms with van der Waals surface area (Å²) in [7, 11) is 0. The average molecular weight is 334 g/mol. The highest BCUT2D eigenvalue weighted by Gasteiger charge is 2.26. The first-order chi connectivity index (χ1) is 12.1. The molecule has 4 rings (SSSR count). The van der Waals surface area contributed by atoms with Gasteiger partial charge in [0.05, 0.1) is 29.1 Å². The number of benzene rings is 1. The van der Waals surface area contributed by atoms with Gasteiger partial charge in [0.2, 0.25) is 0 Å². The third-order valence-corrected chi connectivity index (χ3v) is 5.02. The van der Waals surface area contributed by atoms with E-state index in [1.807, 2.05) is 36.5 Å². The van der Waals surface area contributed by atoms with E-state index in [2.05, 4.69) is 33.6 Å². The Morgan fingerprint density at radius 1 is 1.24 bits per heavy atom. The molecule has 3 aromatic rings. The minimum absolute atomic E-state index is 0.0817. The summed E-state index contributed by atoms with van der Waals surface area (Å²) in [5.74, 6) is 0.0817. The SMILES string of the molecule is Cc1ccc2nc(C)c(C(=O)N3CCC[C@H](n4ccnc4)C3)cc2c1. The molecule has 128 valence electrons. The Morgan fingerprint density at radius 2 is 2.12 bits per heavy atom. The molecule has 0 unspecified atom stereocenters. The molecule has 0 aliphatic carbocycles. The van der Waals surface area contributed by atoms with Crippen molar-refractivity contribution in [2.24, 2.45) is 0 Å². The monoisotopic (exact) mass is 334 g/mol. The highest BCUT2D eigenvalue weighted by Crippen LogP contribution is 2.25. The number of carbonyl (C=O) groups is 1. The van der Waals surface area contributed by atoms with Crippen LogP contribution in [-0.2, 0) is 0 Å². The molecule has 1 atom stereocenters. The zero-order chi connectivity index (χ0) is 17.4. The lowest BCUT2D eigenvalue weighted by molar-refractivity contribution is 0.0678. The fourth-order valence-corrected chi connectivity index (χ4v) is 3.65. The summed E-state index contributed by atoms with van der Waals surface area (Å²) in [6.45, 7) is 5.50. The molecule has 1 amide bonds. The Kier molecular flexibility index (Phi) is 3.99. The highest BCUT2D eigenvalue weighted by atomic mass is 16.2. The van der Waals surface area contributed by atoms with Gasteiger partial charge in [-0.25, -0.2) is 4.98 Å². The number of piperidine rings is 1. The molecule has 1 saturated heterocycles. The van der Waals surface area contributed by atoms with Gasteiger partial charge in [0.1, 0.15) is 0 Å². The number of carbonyl (C=O) groups excluding carboxylic acids is 1. The molecule has 1 fully saturated rings. The molecule has 1 aliphatic rings. The first-order valence-electron chi connectivity index (χ1n) is 8.76. The van der Waals surface area contributed by atoms with E-state index in [-0.39, 0.29) is 5.91 Å². The van der Waals surface area contributed by atoms with Crippen LogP contribution in [0.15, 0.2) is 43.0 Å². The van der Waals surface area contributed by atoms with Crippen molar-refractivity contribution in [3.05, 3.63) is 59.8 Å². The number of hydrogen-bond acceptors (Lipinski definition) is 3. The summed E-state index contributed by atoms with van der Waals surface area (Å²) in [6, 6.07) is 8.45. The lowest BCUT2D eigenvalue weighted by Crippen LogP contribution is -2.40. The van der Waals surface area contributed by atoms with Crippen molar-refractivity contribution in [2.75, 3.05) is 13.1 Å². The maximum atomic E-state index is 13.1. The van der Waals surface area contributed by atoms with Crippen LogP contribution < -0.4 is 0 Å². The van der Waals surface area contributed by atoms with Gasteiger partial charge in [0, 0.05) is 30.9 Å². The molecular formula is C20H22N4O. The number of hydrogen-bond donors (Lipinski definition) is 0. The van der Waals surface area contributed by atoms with Crippen LogP contribution in [0.3, 0.4) is 0 Å². The van der Waals surface area contributed by atoms with Gasteiger partial charge in [-0.05, 0) is 44.9 Å². The van der Waals surface area contributed by atoms with Gasteiger partial charge in [-0.2, -0.15) is 0 Å². The minimum Gasteiger partial charge on any atom is -0.337 e. The smallest absolute Gasteiger partial charge is 0.255 e. The Morgan fingerprint density at radius 3 is 2.92 bits per heavy atom. The summed E-state index contributed by atoms with van der Waals surface area (Å²) in [6.07, 6.45) is 7.69. The second-order valence-corrected chi connectivity index (χ2v) is 6.87. The van der Waals surface area contributed by atoms with Crippen LogP contribution in [-0.4, -0.2) is 38.4 Å². The molecule has 5 nitrogen and oxygen atoms in total. The number of imidazole rings is 1. The molecule has 3 heterocycles. The molecule has 1 aliphatic heterocycles. The zero-order valence-electron chi connectivity index (χ0n) is 14.6.